The molecule has 1 aromatic heterocycles. The van der Waals surface area contributed by atoms with E-state index in [1.807, 2.05) is 72.8 Å². The molecule has 0 aliphatic carbocycles. The number of carbonyl (C=O) groups excluding carboxylic acids is 1. The fraction of sp³-hybridized carbons (Fsp3) is 0.125. The number of anilines is 2. The average molecular weight is 431 g/mol. The van der Waals surface area contributed by atoms with E-state index >= 15 is 0 Å². The first-order valence-corrected chi connectivity index (χ1v) is 10.9. The van der Waals surface area contributed by atoms with E-state index in [2.05, 4.69) is 10.3 Å². The Balaban J connectivity index is 1.44. The van der Waals surface area contributed by atoms with Gasteiger partial charge in [0.15, 0.2) is 5.16 Å². The molecular weight excluding hydrogens is 408 g/mol. The molecule has 4 rings (SSSR count). The molecule has 0 aliphatic rings. The second kappa shape index (κ2) is 9.49. The van der Waals surface area contributed by atoms with Crippen molar-refractivity contribution in [2.45, 2.75) is 18.1 Å². The largest absolute Gasteiger partial charge is 0.385 e. The SMILES string of the molecule is Nc1cc(=O)nc(SCC(=O)Nc2ccc3ccccc3c2)n1CCc1ccccc1. The molecule has 3 aromatic carbocycles. The number of thioether (sulfide) groups is 1. The van der Waals surface area contributed by atoms with Crippen LogP contribution in [0.4, 0.5) is 11.5 Å². The summed E-state index contributed by atoms with van der Waals surface area (Å²) >= 11 is 1.20. The van der Waals surface area contributed by atoms with Gasteiger partial charge in [0.25, 0.3) is 5.56 Å². The van der Waals surface area contributed by atoms with E-state index in [4.69, 9.17) is 5.73 Å². The number of aromatic nitrogens is 2. The number of nitrogen functional groups attached to an aromatic ring is 1. The highest BCUT2D eigenvalue weighted by Crippen LogP contribution is 2.21. The van der Waals surface area contributed by atoms with Crippen molar-refractivity contribution >= 4 is 39.9 Å². The highest BCUT2D eigenvalue weighted by Gasteiger charge is 2.12. The van der Waals surface area contributed by atoms with Crippen molar-refractivity contribution < 1.29 is 4.79 Å². The Morgan fingerprint density at radius 2 is 1.71 bits per heavy atom. The van der Waals surface area contributed by atoms with Crippen LogP contribution in [0.15, 0.2) is 88.8 Å². The van der Waals surface area contributed by atoms with E-state index in [0.29, 0.717) is 17.5 Å². The van der Waals surface area contributed by atoms with Crippen molar-refractivity contribution in [1.82, 2.24) is 9.55 Å². The Labute approximate surface area is 184 Å². The molecule has 3 N–H and O–H groups in total. The first kappa shape index (κ1) is 20.7. The number of fused-ring (bicyclic) bond motifs is 1. The molecule has 1 amide bonds. The molecule has 31 heavy (non-hydrogen) atoms. The van der Waals surface area contributed by atoms with Crippen molar-refractivity contribution in [1.29, 1.82) is 0 Å². The Morgan fingerprint density at radius 1 is 0.968 bits per heavy atom. The van der Waals surface area contributed by atoms with Crippen LogP contribution in [0.1, 0.15) is 5.56 Å². The van der Waals surface area contributed by atoms with Gasteiger partial charge in [0.1, 0.15) is 5.82 Å². The van der Waals surface area contributed by atoms with E-state index in [1.54, 1.807) is 4.57 Å². The number of carbonyl (C=O) groups is 1. The van der Waals surface area contributed by atoms with Crippen LogP contribution in [0.5, 0.6) is 0 Å². The van der Waals surface area contributed by atoms with E-state index in [1.165, 1.54) is 17.8 Å². The minimum absolute atomic E-state index is 0.119. The number of benzene rings is 3. The molecule has 1 heterocycles. The molecule has 156 valence electrons. The lowest BCUT2D eigenvalue weighted by Crippen LogP contribution is -2.20. The molecule has 7 heteroatoms. The number of nitrogens with one attached hydrogen (secondary N) is 1. The smallest absolute Gasteiger partial charge is 0.275 e. The number of hydrogen-bond acceptors (Lipinski definition) is 5. The summed E-state index contributed by atoms with van der Waals surface area (Å²) in [4.78, 5) is 28.5. The highest BCUT2D eigenvalue weighted by molar-refractivity contribution is 7.99. The molecule has 0 saturated heterocycles. The molecule has 0 saturated carbocycles. The van der Waals surface area contributed by atoms with Crippen molar-refractivity contribution in [3.63, 3.8) is 0 Å². The van der Waals surface area contributed by atoms with Crippen molar-refractivity contribution in [3.05, 3.63) is 94.8 Å². The number of rotatable bonds is 7. The molecule has 0 fully saturated rings. The highest BCUT2D eigenvalue weighted by atomic mass is 32.2. The fourth-order valence-electron chi connectivity index (χ4n) is 3.32. The second-order valence-electron chi connectivity index (χ2n) is 7.09. The predicted molar refractivity (Wildman–Crippen MR) is 126 cm³/mol. The van der Waals surface area contributed by atoms with Gasteiger partial charge in [0, 0.05) is 18.3 Å². The maximum atomic E-state index is 12.5. The van der Waals surface area contributed by atoms with E-state index < -0.39 is 5.56 Å². The normalized spacial score (nSPS) is 10.8. The summed E-state index contributed by atoms with van der Waals surface area (Å²) in [5, 5.41) is 5.51. The standard InChI is InChI=1S/C24H22N4O2S/c25-21-15-22(29)27-24(28(21)13-12-17-6-2-1-3-7-17)31-16-23(30)26-20-11-10-18-8-4-5-9-19(18)14-20/h1-11,14-15H,12-13,16,25H2,(H,26,30). The lowest BCUT2D eigenvalue weighted by atomic mass is 10.1. The summed E-state index contributed by atoms with van der Waals surface area (Å²) in [5.41, 5.74) is 7.55. The molecule has 6 nitrogen and oxygen atoms in total. The minimum atomic E-state index is -0.411. The maximum absolute atomic E-state index is 12.5. The van der Waals surface area contributed by atoms with Gasteiger partial charge in [-0.15, -0.1) is 0 Å². The first-order valence-electron chi connectivity index (χ1n) is 9.91. The Bertz CT molecular complexity index is 1270. The third-order valence-electron chi connectivity index (χ3n) is 4.85. The summed E-state index contributed by atoms with van der Waals surface area (Å²) in [6.07, 6.45) is 0.742. The van der Waals surface area contributed by atoms with Crippen LogP contribution in [0.2, 0.25) is 0 Å². The molecule has 0 atom stereocenters. The van der Waals surface area contributed by atoms with Crippen LogP contribution >= 0.6 is 11.8 Å². The van der Waals surface area contributed by atoms with Gasteiger partial charge in [-0.2, -0.15) is 4.98 Å². The van der Waals surface area contributed by atoms with Crippen LogP contribution in [0.25, 0.3) is 10.8 Å². The monoisotopic (exact) mass is 430 g/mol. The average Bonchev–Trinajstić information content (AvgIpc) is 2.77. The Kier molecular flexibility index (Phi) is 6.33. The van der Waals surface area contributed by atoms with Crippen molar-refractivity contribution in [2.24, 2.45) is 0 Å². The van der Waals surface area contributed by atoms with Crippen LogP contribution in [0, 0.1) is 0 Å². The van der Waals surface area contributed by atoms with Gasteiger partial charge < -0.3 is 15.6 Å². The van der Waals surface area contributed by atoms with Gasteiger partial charge in [0.05, 0.1) is 5.75 Å². The summed E-state index contributed by atoms with van der Waals surface area (Å²) in [5.74, 6) is 0.286. The Hall–Kier alpha value is -3.58. The second-order valence-corrected chi connectivity index (χ2v) is 8.03. The summed E-state index contributed by atoms with van der Waals surface area (Å²) in [7, 11) is 0. The van der Waals surface area contributed by atoms with E-state index in [0.717, 1.165) is 28.4 Å². The van der Waals surface area contributed by atoms with Crippen molar-refractivity contribution in [2.75, 3.05) is 16.8 Å². The molecule has 0 bridgehead atoms. The zero-order valence-electron chi connectivity index (χ0n) is 16.8. The summed E-state index contributed by atoms with van der Waals surface area (Å²) in [6, 6.07) is 25.1. The zero-order valence-corrected chi connectivity index (χ0v) is 17.6. The zero-order chi connectivity index (χ0) is 21.6. The van der Waals surface area contributed by atoms with E-state index in [9.17, 15) is 9.59 Å². The minimum Gasteiger partial charge on any atom is -0.385 e. The van der Waals surface area contributed by atoms with Gasteiger partial charge in [-0.05, 0) is 34.9 Å². The quantitative estimate of drug-likeness (QED) is 0.342. The summed E-state index contributed by atoms with van der Waals surface area (Å²) < 4.78 is 1.78. The third-order valence-corrected chi connectivity index (χ3v) is 5.83. The Morgan fingerprint density at radius 3 is 2.52 bits per heavy atom. The van der Waals surface area contributed by atoms with Crippen LogP contribution in [-0.2, 0) is 17.8 Å². The number of amides is 1. The number of nitrogens with two attached hydrogens (primary N) is 1. The molecule has 4 aromatic rings. The maximum Gasteiger partial charge on any atom is 0.275 e. The van der Waals surface area contributed by atoms with Gasteiger partial charge in [-0.25, -0.2) is 0 Å². The van der Waals surface area contributed by atoms with Gasteiger partial charge in [0.2, 0.25) is 5.91 Å². The lowest BCUT2D eigenvalue weighted by Gasteiger charge is -2.14. The van der Waals surface area contributed by atoms with Gasteiger partial charge >= 0.3 is 0 Å². The summed E-state index contributed by atoms with van der Waals surface area (Å²) in [6.45, 7) is 0.567. The number of hydrogen-bond donors (Lipinski definition) is 2. The molecule has 0 aliphatic heterocycles. The van der Waals surface area contributed by atoms with Gasteiger partial charge in [-0.3, -0.25) is 9.59 Å². The lowest BCUT2D eigenvalue weighted by molar-refractivity contribution is -0.113. The molecule has 0 spiro atoms. The first-order chi connectivity index (χ1) is 15.1. The van der Waals surface area contributed by atoms with Crippen LogP contribution < -0.4 is 16.6 Å². The molecule has 0 radical (unpaired) electrons. The van der Waals surface area contributed by atoms with Crippen molar-refractivity contribution in [3.8, 4) is 0 Å². The van der Waals surface area contributed by atoms with Crippen LogP contribution in [0.3, 0.4) is 0 Å². The predicted octanol–water partition coefficient (Wildman–Crippen LogP) is 3.95. The van der Waals surface area contributed by atoms with Gasteiger partial charge in [-0.1, -0.05) is 72.4 Å². The number of nitrogens with zero attached hydrogens (tertiary/aromatic N) is 2. The fourth-order valence-corrected chi connectivity index (χ4v) is 4.16. The van der Waals surface area contributed by atoms with E-state index in [-0.39, 0.29) is 11.7 Å². The molecular formula is C24H22N4O2S. The van der Waals surface area contributed by atoms with Crippen LogP contribution in [-0.4, -0.2) is 21.2 Å². The third kappa shape index (κ3) is 5.32. The molecule has 0 unspecified atom stereocenters. The number of aryl methyl sites for hydroxylation is 1. The topological polar surface area (TPSA) is 90.0 Å².